The lowest BCUT2D eigenvalue weighted by Gasteiger charge is -2.04. The summed E-state index contributed by atoms with van der Waals surface area (Å²) in [7, 11) is 0. The van der Waals surface area contributed by atoms with Gasteiger partial charge in [-0.15, -0.1) is 11.3 Å². The molecular weight excluding hydrogens is 394 g/mol. The molecule has 2 N–H and O–H groups in total. The van der Waals surface area contributed by atoms with E-state index in [4.69, 9.17) is 0 Å². The van der Waals surface area contributed by atoms with Crippen LogP contribution in [0.15, 0.2) is 59.5 Å². The van der Waals surface area contributed by atoms with Crippen molar-refractivity contribution >= 4 is 38.2 Å². The molecule has 0 fully saturated rings. The standard InChI is InChI=1S/C24H19N3O2S/c1-13-7-9-15(10-8-13)21-14(2)30-24-22(21)23(29)26-20(27-24)11-19(28)17-12-25-18-6-4-3-5-16(17)18/h3-10,12,25H,11H2,1-2H3,(H,26,27,29). The van der Waals surface area contributed by atoms with Gasteiger partial charge in [0.2, 0.25) is 0 Å². The maximum absolute atomic E-state index is 12.9. The quantitative estimate of drug-likeness (QED) is 0.399. The van der Waals surface area contributed by atoms with Gasteiger partial charge in [0.05, 0.1) is 11.8 Å². The number of benzene rings is 2. The van der Waals surface area contributed by atoms with E-state index in [1.54, 1.807) is 6.20 Å². The first-order chi connectivity index (χ1) is 14.5. The average molecular weight is 414 g/mol. The lowest BCUT2D eigenvalue weighted by atomic mass is 10.0. The summed E-state index contributed by atoms with van der Waals surface area (Å²) in [6, 6.07) is 15.8. The Labute approximate surface area is 176 Å². The van der Waals surface area contributed by atoms with Crippen LogP contribution < -0.4 is 5.56 Å². The van der Waals surface area contributed by atoms with Crippen molar-refractivity contribution in [2.75, 3.05) is 0 Å². The van der Waals surface area contributed by atoms with Crippen LogP contribution in [0.4, 0.5) is 0 Å². The number of hydrogen-bond acceptors (Lipinski definition) is 4. The average Bonchev–Trinajstić information content (AvgIpc) is 3.29. The minimum Gasteiger partial charge on any atom is -0.360 e. The van der Waals surface area contributed by atoms with Crippen molar-refractivity contribution in [2.24, 2.45) is 0 Å². The fourth-order valence-corrected chi connectivity index (χ4v) is 4.93. The summed E-state index contributed by atoms with van der Waals surface area (Å²) >= 11 is 1.48. The molecule has 5 aromatic rings. The number of carbonyl (C=O) groups excluding carboxylic acids is 1. The van der Waals surface area contributed by atoms with E-state index in [9.17, 15) is 9.59 Å². The molecule has 0 aliphatic heterocycles. The van der Waals surface area contributed by atoms with E-state index >= 15 is 0 Å². The zero-order valence-corrected chi connectivity index (χ0v) is 17.4. The maximum atomic E-state index is 12.9. The third-order valence-corrected chi connectivity index (χ3v) is 6.34. The lowest BCUT2D eigenvalue weighted by molar-refractivity contribution is 0.0992. The Morgan fingerprint density at radius 3 is 2.63 bits per heavy atom. The van der Waals surface area contributed by atoms with Crippen LogP contribution in [0.3, 0.4) is 0 Å². The molecule has 0 bridgehead atoms. The summed E-state index contributed by atoms with van der Waals surface area (Å²) in [4.78, 5) is 38.1. The predicted molar refractivity (Wildman–Crippen MR) is 121 cm³/mol. The second-order valence-electron chi connectivity index (χ2n) is 7.44. The van der Waals surface area contributed by atoms with Gasteiger partial charge in [0.1, 0.15) is 10.7 Å². The van der Waals surface area contributed by atoms with E-state index in [0.29, 0.717) is 21.6 Å². The summed E-state index contributed by atoms with van der Waals surface area (Å²) in [5, 5.41) is 1.46. The number of carbonyl (C=O) groups is 1. The van der Waals surface area contributed by atoms with Gasteiger partial charge in [0, 0.05) is 33.1 Å². The van der Waals surface area contributed by atoms with Gasteiger partial charge in [-0.05, 0) is 25.5 Å². The summed E-state index contributed by atoms with van der Waals surface area (Å²) in [5.41, 5.74) is 4.39. The minimum atomic E-state index is -0.207. The fourth-order valence-electron chi connectivity index (χ4n) is 3.86. The van der Waals surface area contributed by atoms with E-state index in [1.807, 2.05) is 62.4 Å². The zero-order chi connectivity index (χ0) is 20.8. The van der Waals surface area contributed by atoms with Crippen LogP contribution >= 0.6 is 11.3 Å². The largest absolute Gasteiger partial charge is 0.360 e. The van der Waals surface area contributed by atoms with Crippen molar-refractivity contribution in [3.05, 3.63) is 86.9 Å². The topological polar surface area (TPSA) is 78.6 Å². The number of nitrogens with zero attached hydrogens (tertiary/aromatic N) is 1. The highest BCUT2D eigenvalue weighted by atomic mass is 32.1. The Morgan fingerprint density at radius 1 is 1.07 bits per heavy atom. The molecule has 3 aromatic heterocycles. The Morgan fingerprint density at radius 2 is 1.83 bits per heavy atom. The molecule has 2 aromatic carbocycles. The Balaban J connectivity index is 1.55. The van der Waals surface area contributed by atoms with E-state index in [-0.39, 0.29) is 17.8 Å². The number of nitrogens with one attached hydrogen (secondary N) is 2. The molecule has 0 aliphatic carbocycles. The molecule has 0 atom stereocenters. The molecule has 0 unspecified atom stereocenters. The molecule has 148 valence electrons. The lowest BCUT2D eigenvalue weighted by Crippen LogP contribution is -2.14. The van der Waals surface area contributed by atoms with Crippen LogP contribution in [-0.4, -0.2) is 20.7 Å². The Kier molecular flexibility index (Phi) is 4.37. The van der Waals surface area contributed by atoms with Crippen molar-refractivity contribution in [2.45, 2.75) is 20.3 Å². The highest BCUT2D eigenvalue weighted by molar-refractivity contribution is 7.19. The first-order valence-electron chi connectivity index (χ1n) is 9.70. The van der Waals surface area contributed by atoms with E-state index in [0.717, 1.165) is 26.9 Å². The fraction of sp³-hybridized carbons (Fsp3) is 0.125. The zero-order valence-electron chi connectivity index (χ0n) is 16.6. The highest BCUT2D eigenvalue weighted by Gasteiger charge is 2.19. The minimum absolute atomic E-state index is 0.0455. The van der Waals surface area contributed by atoms with Crippen molar-refractivity contribution < 1.29 is 4.79 Å². The smallest absolute Gasteiger partial charge is 0.260 e. The number of para-hydroxylation sites is 1. The molecule has 3 heterocycles. The van der Waals surface area contributed by atoms with Crippen LogP contribution in [0.2, 0.25) is 0 Å². The van der Waals surface area contributed by atoms with E-state index in [2.05, 4.69) is 15.0 Å². The molecule has 5 rings (SSSR count). The second-order valence-corrected chi connectivity index (χ2v) is 8.64. The first kappa shape index (κ1) is 18.5. The highest BCUT2D eigenvalue weighted by Crippen LogP contribution is 2.35. The molecule has 6 heteroatoms. The van der Waals surface area contributed by atoms with Crippen LogP contribution in [0, 0.1) is 13.8 Å². The van der Waals surface area contributed by atoms with Gasteiger partial charge < -0.3 is 9.97 Å². The number of aromatic nitrogens is 3. The monoisotopic (exact) mass is 413 g/mol. The van der Waals surface area contributed by atoms with Gasteiger partial charge >= 0.3 is 0 Å². The second kappa shape index (κ2) is 7.07. The SMILES string of the molecule is Cc1ccc(-c2c(C)sc3nc(CC(=O)c4c[nH]c5ccccc45)[nH]c(=O)c23)cc1. The maximum Gasteiger partial charge on any atom is 0.260 e. The van der Waals surface area contributed by atoms with E-state index in [1.165, 1.54) is 16.9 Å². The number of aromatic amines is 2. The summed E-state index contributed by atoms with van der Waals surface area (Å²) in [6.45, 7) is 4.03. The molecule has 0 amide bonds. The van der Waals surface area contributed by atoms with Crippen LogP contribution in [0.5, 0.6) is 0 Å². The molecule has 5 nitrogen and oxygen atoms in total. The number of hydrogen-bond donors (Lipinski definition) is 2. The van der Waals surface area contributed by atoms with Crippen LogP contribution in [0.25, 0.3) is 32.2 Å². The van der Waals surface area contributed by atoms with Crippen molar-refractivity contribution in [1.82, 2.24) is 15.0 Å². The van der Waals surface area contributed by atoms with Crippen molar-refractivity contribution in [3.8, 4) is 11.1 Å². The van der Waals surface area contributed by atoms with Crippen molar-refractivity contribution in [3.63, 3.8) is 0 Å². The Bertz CT molecular complexity index is 1470. The van der Waals surface area contributed by atoms with Crippen LogP contribution in [0.1, 0.15) is 26.6 Å². The number of ketones is 1. The summed E-state index contributed by atoms with van der Waals surface area (Å²) in [5.74, 6) is 0.307. The van der Waals surface area contributed by atoms with Gasteiger partial charge in [0.25, 0.3) is 5.56 Å². The number of thiophene rings is 1. The molecule has 0 radical (unpaired) electrons. The van der Waals surface area contributed by atoms with Crippen molar-refractivity contribution in [1.29, 1.82) is 0 Å². The number of aryl methyl sites for hydroxylation is 2. The number of rotatable bonds is 4. The first-order valence-corrected chi connectivity index (χ1v) is 10.5. The predicted octanol–water partition coefficient (Wildman–Crippen LogP) is 5.18. The van der Waals surface area contributed by atoms with Crippen LogP contribution in [-0.2, 0) is 6.42 Å². The molecule has 0 spiro atoms. The summed E-state index contributed by atoms with van der Waals surface area (Å²) < 4.78 is 0. The van der Waals surface area contributed by atoms with Gasteiger partial charge in [-0.25, -0.2) is 4.98 Å². The molecule has 30 heavy (non-hydrogen) atoms. The number of H-pyrrole nitrogens is 2. The molecular formula is C24H19N3O2S. The third-order valence-electron chi connectivity index (χ3n) is 5.34. The van der Waals surface area contributed by atoms with Gasteiger partial charge in [-0.3, -0.25) is 9.59 Å². The Hall–Kier alpha value is -3.51. The number of fused-ring (bicyclic) bond motifs is 2. The molecule has 0 saturated carbocycles. The molecule has 0 aliphatic rings. The number of Topliss-reactive ketones (excluding diaryl/α,β-unsaturated/α-hetero) is 1. The third kappa shape index (κ3) is 3.06. The van der Waals surface area contributed by atoms with Gasteiger partial charge in [-0.1, -0.05) is 48.0 Å². The van der Waals surface area contributed by atoms with E-state index < -0.39 is 0 Å². The van der Waals surface area contributed by atoms with Gasteiger partial charge in [0.15, 0.2) is 5.78 Å². The van der Waals surface area contributed by atoms with Gasteiger partial charge in [-0.2, -0.15) is 0 Å². The summed E-state index contributed by atoms with van der Waals surface area (Å²) in [6.07, 6.45) is 1.76. The molecule has 0 saturated heterocycles. The normalized spacial score (nSPS) is 11.4.